The molecule has 0 N–H and O–H groups in total. The van der Waals surface area contributed by atoms with Gasteiger partial charge in [0.2, 0.25) is 11.6 Å². The number of rotatable bonds is 2. The van der Waals surface area contributed by atoms with E-state index in [0.29, 0.717) is 11.1 Å². The first-order valence-electron chi connectivity index (χ1n) is 11.4. The zero-order chi connectivity index (χ0) is 28.4. The molecule has 0 fully saturated rings. The summed E-state index contributed by atoms with van der Waals surface area (Å²) < 4.78 is 83.5. The van der Waals surface area contributed by atoms with E-state index >= 15 is 0 Å². The quantitative estimate of drug-likeness (QED) is 0.168. The van der Waals surface area contributed by atoms with Crippen molar-refractivity contribution >= 4 is 32.8 Å². The zero-order valence-electron chi connectivity index (χ0n) is 19.7. The second-order valence-corrected chi connectivity index (χ2v) is 8.80. The number of benzene rings is 4. The molecule has 2 aromatic heterocycles. The molecule has 6 nitrogen and oxygen atoms in total. The lowest BCUT2D eigenvalue weighted by Gasteiger charge is -2.18. The van der Waals surface area contributed by atoms with E-state index < -0.39 is 24.0 Å². The molecule has 0 saturated carbocycles. The molecule has 0 radical (unpaired) electrons. The molecule has 0 spiro atoms. The highest BCUT2D eigenvalue weighted by Crippen LogP contribution is 2.44. The summed E-state index contributed by atoms with van der Waals surface area (Å²) in [4.78, 5) is 15.1. The third-order valence-corrected chi connectivity index (χ3v) is 6.35. The normalized spacial score (nSPS) is 12.2. The Hall–Kier alpha value is -5.36. The van der Waals surface area contributed by atoms with Gasteiger partial charge in [-0.15, -0.1) is 0 Å². The van der Waals surface area contributed by atoms with Crippen LogP contribution in [0.3, 0.4) is 0 Å². The van der Waals surface area contributed by atoms with Gasteiger partial charge in [-0.3, -0.25) is 0 Å². The van der Waals surface area contributed by atoms with Gasteiger partial charge < -0.3 is 0 Å². The van der Waals surface area contributed by atoms with Crippen molar-refractivity contribution in [2.45, 2.75) is 12.4 Å². The molecule has 4 aromatic carbocycles. The average molecular weight is 544 g/mol. The van der Waals surface area contributed by atoms with E-state index in [-0.39, 0.29) is 55.1 Å². The Morgan fingerprint density at radius 2 is 0.875 bits per heavy atom. The van der Waals surface area contributed by atoms with Gasteiger partial charge >= 0.3 is 12.4 Å². The number of nitriles is 2. The largest absolute Gasteiger partial charge is 0.451 e. The lowest BCUT2D eigenvalue weighted by Crippen LogP contribution is -2.14. The van der Waals surface area contributed by atoms with Gasteiger partial charge in [-0.25, -0.2) is 19.9 Å². The predicted molar refractivity (Wildman–Crippen MR) is 132 cm³/mol. The minimum atomic E-state index is -4.93. The summed E-state index contributed by atoms with van der Waals surface area (Å²) in [5.74, 6) is -2.87. The summed E-state index contributed by atoms with van der Waals surface area (Å²) in [6, 6.07) is 17.9. The van der Waals surface area contributed by atoms with Crippen molar-refractivity contribution in [1.82, 2.24) is 19.9 Å². The summed E-state index contributed by atoms with van der Waals surface area (Å²) in [5.41, 5.74) is 0.678. The van der Waals surface area contributed by atoms with Crippen LogP contribution in [0.2, 0.25) is 0 Å². The molecule has 12 heteroatoms. The minimum Gasteiger partial charge on any atom is -0.224 e. The van der Waals surface area contributed by atoms with Crippen LogP contribution in [0.5, 0.6) is 0 Å². The third-order valence-electron chi connectivity index (χ3n) is 6.35. The zero-order valence-corrected chi connectivity index (χ0v) is 19.7. The first-order valence-corrected chi connectivity index (χ1v) is 11.4. The topological polar surface area (TPSA) is 99.1 Å². The summed E-state index contributed by atoms with van der Waals surface area (Å²) in [5, 5.41) is 18.4. The standard InChI is InChI=1S/C28H10F6N6/c29-27(30,31)25-38-20-10-18(16-7-3-14(12-36)4-8-16)24-22-19(37-26(40-24)28(32,33)34)9-17(23(39-25)21(20)22)15-5-1-13(11-35)2-6-15/h1-10H. The monoisotopic (exact) mass is 544 g/mol. The molecule has 0 aliphatic rings. The molecule has 0 saturated heterocycles. The van der Waals surface area contributed by atoms with Gasteiger partial charge in [0.15, 0.2) is 0 Å². The van der Waals surface area contributed by atoms with Gasteiger partial charge in [-0.2, -0.15) is 36.9 Å². The van der Waals surface area contributed by atoms with Crippen LogP contribution in [0.15, 0.2) is 60.7 Å². The van der Waals surface area contributed by atoms with E-state index in [1.807, 2.05) is 12.1 Å². The fraction of sp³-hybridized carbons (Fsp3) is 0.0714. The van der Waals surface area contributed by atoms with E-state index in [4.69, 9.17) is 10.5 Å². The van der Waals surface area contributed by atoms with Gasteiger partial charge in [0.25, 0.3) is 0 Å². The fourth-order valence-corrected chi connectivity index (χ4v) is 4.60. The first kappa shape index (κ1) is 24.9. The van der Waals surface area contributed by atoms with Gasteiger partial charge in [-0.1, -0.05) is 24.3 Å². The fourth-order valence-electron chi connectivity index (χ4n) is 4.60. The van der Waals surface area contributed by atoms with E-state index in [0.717, 1.165) is 0 Å². The summed E-state index contributed by atoms with van der Waals surface area (Å²) in [6.07, 6.45) is -9.86. The highest BCUT2D eigenvalue weighted by Gasteiger charge is 2.38. The van der Waals surface area contributed by atoms with Crippen molar-refractivity contribution in [2.24, 2.45) is 0 Å². The van der Waals surface area contributed by atoms with Crippen LogP contribution in [0.1, 0.15) is 22.8 Å². The maximum Gasteiger partial charge on any atom is 0.451 e. The molecule has 0 bridgehead atoms. The molecule has 0 aliphatic heterocycles. The van der Waals surface area contributed by atoms with Crippen LogP contribution >= 0.6 is 0 Å². The van der Waals surface area contributed by atoms with E-state index in [1.165, 1.54) is 60.7 Å². The summed E-state index contributed by atoms with van der Waals surface area (Å²) >= 11 is 0. The Kier molecular flexibility index (Phi) is 5.35. The van der Waals surface area contributed by atoms with Crippen molar-refractivity contribution in [3.8, 4) is 34.4 Å². The summed E-state index contributed by atoms with van der Waals surface area (Å²) in [6.45, 7) is 0. The Bertz CT molecular complexity index is 1880. The van der Waals surface area contributed by atoms with E-state index in [2.05, 4.69) is 19.9 Å². The maximum atomic E-state index is 13.9. The molecule has 0 atom stereocenters. The van der Waals surface area contributed by atoms with Crippen molar-refractivity contribution in [3.63, 3.8) is 0 Å². The number of aromatic nitrogens is 4. The molecule has 0 unspecified atom stereocenters. The van der Waals surface area contributed by atoms with E-state index in [1.54, 1.807) is 0 Å². The van der Waals surface area contributed by atoms with Crippen molar-refractivity contribution < 1.29 is 26.3 Å². The minimum absolute atomic E-state index is 0.0611. The highest BCUT2D eigenvalue weighted by atomic mass is 19.4. The van der Waals surface area contributed by atoms with Crippen LogP contribution in [0.4, 0.5) is 26.3 Å². The molecular weight excluding hydrogens is 534 g/mol. The van der Waals surface area contributed by atoms with E-state index in [9.17, 15) is 26.3 Å². The number of hydrogen-bond donors (Lipinski definition) is 0. The van der Waals surface area contributed by atoms with Crippen molar-refractivity contribution in [1.29, 1.82) is 10.5 Å². The molecule has 2 heterocycles. The lowest BCUT2D eigenvalue weighted by molar-refractivity contribution is -0.145. The van der Waals surface area contributed by atoms with Crippen molar-refractivity contribution in [3.05, 3.63) is 83.4 Å². The van der Waals surface area contributed by atoms with Gasteiger partial charge in [0, 0.05) is 21.9 Å². The average Bonchev–Trinajstić information content (AvgIpc) is 2.94. The summed E-state index contributed by atoms with van der Waals surface area (Å²) in [7, 11) is 0. The van der Waals surface area contributed by atoms with Gasteiger partial charge in [-0.05, 0) is 47.5 Å². The smallest absolute Gasteiger partial charge is 0.224 e. The van der Waals surface area contributed by atoms with Gasteiger partial charge in [0.05, 0.1) is 45.3 Å². The molecule has 0 aliphatic carbocycles. The first-order chi connectivity index (χ1) is 19.0. The molecular formula is C28H10F6N6. The molecule has 6 rings (SSSR count). The maximum absolute atomic E-state index is 13.9. The number of halogens is 6. The number of hydrogen-bond acceptors (Lipinski definition) is 6. The van der Waals surface area contributed by atoms with Crippen LogP contribution < -0.4 is 0 Å². The Labute approximate surface area is 220 Å². The predicted octanol–water partition coefficient (Wildman–Crippen LogP) is 7.28. The Morgan fingerprint density at radius 3 is 1.18 bits per heavy atom. The van der Waals surface area contributed by atoms with Crippen LogP contribution in [-0.4, -0.2) is 19.9 Å². The number of nitrogens with zero attached hydrogens (tertiary/aromatic N) is 6. The van der Waals surface area contributed by atoms with Crippen LogP contribution in [-0.2, 0) is 12.4 Å². The van der Waals surface area contributed by atoms with Crippen molar-refractivity contribution in [2.75, 3.05) is 0 Å². The lowest BCUT2D eigenvalue weighted by atomic mass is 9.92. The third kappa shape index (κ3) is 3.98. The SMILES string of the molecule is N#Cc1ccc(-c2cc3nc(C(F)(F)F)nc4c(-c5ccc(C#N)cc5)cc5nc(C(F)(F)F)nc2c5c34)cc1. The second kappa shape index (κ2) is 8.58. The van der Waals surface area contributed by atoms with Crippen LogP contribution in [0.25, 0.3) is 55.1 Å². The Morgan fingerprint density at radius 1 is 0.525 bits per heavy atom. The molecule has 40 heavy (non-hydrogen) atoms. The van der Waals surface area contributed by atoms with Gasteiger partial charge in [0.1, 0.15) is 0 Å². The second-order valence-electron chi connectivity index (χ2n) is 8.80. The van der Waals surface area contributed by atoms with Crippen LogP contribution in [0, 0.1) is 22.7 Å². The molecule has 0 amide bonds. The highest BCUT2D eigenvalue weighted by molar-refractivity contribution is 6.25. The Balaban J connectivity index is 1.81. The molecule has 6 aromatic rings. The molecule has 194 valence electrons. The number of alkyl halides is 6.